The predicted molar refractivity (Wildman–Crippen MR) is 80.0 cm³/mol. The number of nitrogens with one attached hydrogen (secondary N) is 1. The highest BCUT2D eigenvalue weighted by Gasteiger charge is 2.12. The fraction of sp³-hybridized carbons (Fsp3) is 0.600. The van der Waals surface area contributed by atoms with E-state index in [9.17, 15) is 0 Å². The Balaban J connectivity index is 1.54. The lowest BCUT2D eigenvalue weighted by atomic mass is 9.90. The maximum absolute atomic E-state index is 5.75. The summed E-state index contributed by atoms with van der Waals surface area (Å²) < 4.78 is 6.86. The van der Waals surface area contributed by atoms with E-state index in [1.54, 1.807) is 0 Å². The van der Waals surface area contributed by atoms with Crippen molar-refractivity contribution < 1.29 is 4.74 Å². The molecule has 2 rings (SSSR count). The minimum absolute atomic E-state index is 0.798. The molecule has 0 atom stereocenters. The zero-order valence-electron chi connectivity index (χ0n) is 10.8. The molecule has 1 aromatic carbocycles. The first-order chi connectivity index (χ1) is 8.84. The van der Waals surface area contributed by atoms with E-state index < -0.39 is 0 Å². The molecule has 0 bridgehead atoms. The van der Waals surface area contributed by atoms with E-state index in [1.165, 1.54) is 32.1 Å². The van der Waals surface area contributed by atoms with Gasteiger partial charge in [-0.15, -0.1) is 0 Å². The Labute approximate surface area is 118 Å². The number of anilines is 1. The second-order valence-corrected chi connectivity index (χ2v) is 5.93. The molecule has 0 heterocycles. The highest BCUT2D eigenvalue weighted by Crippen LogP contribution is 2.23. The van der Waals surface area contributed by atoms with Crippen LogP contribution in [0.1, 0.15) is 32.1 Å². The summed E-state index contributed by atoms with van der Waals surface area (Å²) in [6.07, 6.45) is 6.93. The third kappa shape index (κ3) is 4.99. The van der Waals surface area contributed by atoms with Crippen LogP contribution >= 0.6 is 15.9 Å². The fourth-order valence-corrected chi connectivity index (χ4v) is 2.70. The van der Waals surface area contributed by atoms with Gasteiger partial charge in [0.05, 0.1) is 6.61 Å². The molecule has 1 fully saturated rings. The molecular weight excluding hydrogens is 290 g/mol. The number of rotatable bonds is 6. The normalized spacial score (nSPS) is 16.7. The monoisotopic (exact) mass is 311 g/mol. The molecule has 1 N–H and O–H groups in total. The van der Waals surface area contributed by atoms with Crippen LogP contribution in [0.3, 0.4) is 0 Å². The summed E-state index contributed by atoms with van der Waals surface area (Å²) in [5, 5.41) is 3.36. The van der Waals surface area contributed by atoms with Crippen LogP contribution in [0.2, 0.25) is 0 Å². The maximum atomic E-state index is 5.75. The Morgan fingerprint density at radius 2 is 1.83 bits per heavy atom. The Bertz CT molecular complexity index is 333. The molecule has 0 spiro atoms. The zero-order chi connectivity index (χ0) is 12.6. The van der Waals surface area contributed by atoms with E-state index in [-0.39, 0.29) is 0 Å². The SMILES string of the molecule is Brc1ccc(NCCOCC2CCCCC2)cc1. The van der Waals surface area contributed by atoms with Crippen molar-refractivity contribution >= 4 is 21.6 Å². The van der Waals surface area contributed by atoms with Crippen molar-refractivity contribution in [1.82, 2.24) is 0 Å². The second-order valence-electron chi connectivity index (χ2n) is 5.01. The second kappa shape index (κ2) is 7.80. The summed E-state index contributed by atoms with van der Waals surface area (Å²) in [6, 6.07) is 8.24. The number of hydrogen-bond donors (Lipinski definition) is 1. The highest BCUT2D eigenvalue weighted by molar-refractivity contribution is 9.10. The molecule has 1 aliphatic carbocycles. The molecule has 1 aromatic rings. The van der Waals surface area contributed by atoms with Gasteiger partial charge in [0, 0.05) is 23.3 Å². The average Bonchev–Trinajstić information content (AvgIpc) is 2.42. The summed E-state index contributed by atoms with van der Waals surface area (Å²) >= 11 is 3.43. The molecule has 3 heteroatoms. The van der Waals surface area contributed by atoms with Crippen molar-refractivity contribution in [3.05, 3.63) is 28.7 Å². The molecule has 0 radical (unpaired) electrons. The van der Waals surface area contributed by atoms with Crippen LogP contribution in [0.25, 0.3) is 0 Å². The number of ether oxygens (including phenoxy) is 1. The van der Waals surface area contributed by atoms with Crippen molar-refractivity contribution in [1.29, 1.82) is 0 Å². The average molecular weight is 312 g/mol. The van der Waals surface area contributed by atoms with Gasteiger partial charge in [-0.1, -0.05) is 35.2 Å². The molecule has 2 nitrogen and oxygen atoms in total. The van der Waals surface area contributed by atoms with E-state index >= 15 is 0 Å². The summed E-state index contributed by atoms with van der Waals surface area (Å²) in [4.78, 5) is 0. The zero-order valence-corrected chi connectivity index (χ0v) is 12.4. The quantitative estimate of drug-likeness (QED) is 0.783. The van der Waals surface area contributed by atoms with Crippen molar-refractivity contribution in [3.63, 3.8) is 0 Å². The van der Waals surface area contributed by atoms with E-state index in [4.69, 9.17) is 4.74 Å². The lowest BCUT2D eigenvalue weighted by Crippen LogP contribution is -2.16. The molecule has 0 amide bonds. The van der Waals surface area contributed by atoms with E-state index in [2.05, 4.69) is 33.4 Å². The van der Waals surface area contributed by atoms with Gasteiger partial charge in [-0.2, -0.15) is 0 Å². The predicted octanol–water partition coefficient (Wildman–Crippen LogP) is 4.46. The van der Waals surface area contributed by atoms with Gasteiger partial charge in [0.2, 0.25) is 0 Å². The maximum Gasteiger partial charge on any atom is 0.0639 e. The van der Waals surface area contributed by atoms with Crippen molar-refractivity contribution in [2.45, 2.75) is 32.1 Å². The summed E-state index contributed by atoms with van der Waals surface area (Å²) in [7, 11) is 0. The Kier molecular flexibility index (Phi) is 6.01. The van der Waals surface area contributed by atoms with Crippen LogP contribution in [-0.2, 0) is 4.74 Å². The van der Waals surface area contributed by atoms with Gasteiger partial charge in [0.1, 0.15) is 0 Å². The van der Waals surface area contributed by atoms with Gasteiger partial charge in [-0.05, 0) is 43.0 Å². The molecular formula is C15H22BrNO. The van der Waals surface area contributed by atoms with Gasteiger partial charge in [0.15, 0.2) is 0 Å². The standard InChI is InChI=1S/C15H22BrNO/c16-14-6-8-15(9-7-14)17-10-11-18-12-13-4-2-1-3-5-13/h6-9,13,17H,1-5,10-12H2. The van der Waals surface area contributed by atoms with Gasteiger partial charge in [0.25, 0.3) is 0 Å². The van der Waals surface area contributed by atoms with E-state index in [0.29, 0.717) is 0 Å². The summed E-state index contributed by atoms with van der Waals surface area (Å²) in [5.74, 6) is 0.812. The van der Waals surface area contributed by atoms with E-state index in [1.807, 2.05) is 12.1 Å². The number of halogens is 1. The first-order valence-corrected chi connectivity index (χ1v) is 7.71. The van der Waals surface area contributed by atoms with Crippen molar-refractivity contribution in [2.75, 3.05) is 25.1 Å². The minimum atomic E-state index is 0.798. The van der Waals surface area contributed by atoms with Crippen LogP contribution in [0.4, 0.5) is 5.69 Å². The topological polar surface area (TPSA) is 21.3 Å². The van der Waals surface area contributed by atoms with Crippen molar-refractivity contribution in [3.8, 4) is 0 Å². The number of hydrogen-bond acceptors (Lipinski definition) is 2. The van der Waals surface area contributed by atoms with Crippen LogP contribution in [0, 0.1) is 5.92 Å². The van der Waals surface area contributed by atoms with Crippen LogP contribution in [0.5, 0.6) is 0 Å². The third-order valence-corrected chi connectivity index (χ3v) is 4.03. The van der Waals surface area contributed by atoms with E-state index in [0.717, 1.165) is 35.8 Å². The molecule has 0 unspecified atom stereocenters. The van der Waals surface area contributed by atoms with Crippen LogP contribution in [0.15, 0.2) is 28.7 Å². The van der Waals surface area contributed by atoms with Crippen molar-refractivity contribution in [2.24, 2.45) is 5.92 Å². The van der Waals surface area contributed by atoms with Gasteiger partial charge in [-0.25, -0.2) is 0 Å². The molecule has 0 aliphatic heterocycles. The Morgan fingerprint density at radius 3 is 2.56 bits per heavy atom. The first-order valence-electron chi connectivity index (χ1n) is 6.92. The molecule has 0 saturated heterocycles. The summed E-state index contributed by atoms with van der Waals surface area (Å²) in [5.41, 5.74) is 1.15. The van der Waals surface area contributed by atoms with Gasteiger partial charge < -0.3 is 10.1 Å². The lowest BCUT2D eigenvalue weighted by molar-refractivity contribution is 0.0924. The minimum Gasteiger partial charge on any atom is -0.383 e. The van der Waals surface area contributed by atoms with Crippen LogP contribution < -0.4 is 5.32 Å². The Hall–Kier alpha value is -0.540. The molecule has 18 heavy (non-hydrogen) atoms. The number of benzene rings is 1. The fourth-order valence-electron chi connectivity index (χ4n) is 2.44. The molecule has 0 aromatic heterocycles. The van der Waals surface area contributed by atoms with Gasteiger partial charge in [-0.3, -0.25) is 0 Å². The van der Waals surface area contributed by atoms with Crippen LogP contribution in [-0.4, -0.2) is 19.8 Å². The molecule has 1 aliphatic rings. The summed E-state index contributed by atoms with van der Waals surface area (Å²) in [6.45, 7) is 2.63. The Morgan fingerprint density at radius 1 is 1.11 bits per heavy atom. The molecule has 100 valence electrons. The first kappa shape index (κ1) is 13.9. The largest absolute Gasteiger partial charge is 0.383 e. The molecule has 1 saturated carbocycles. The van der Waals surface area contributed by atoms with Gasteiger partial charge >= 0.3 is 0 Å². The lowest BCUT2D eigenvalue weighted by Gasteiger charge is -2.21. The smallest absolute Gasteiger partial charge is 0.0639 e. The third-order valence-electron chi connectivity index (χ3n) is 3.50. The highest BCUT2D eigenvalue weighted by atomic mass is 79.9.